The summed E-state index contributed by atoms with van der Waals surface area (Å²) in [5.41, 5.74) is 3.43. The van der Waals surface area contributed by atoms with Gasteiger partial charge in [0.1, 0.15) is 10.8 Å². The van der Waals surface area contributed by atoms with Gasteiger partial charge in [0.05, 0.1) is 19.1 Å². The number of aryl methyl sites for hydroxylation is 1. The first-order valence-corrected chi connectivity index (χ1v) is 12.7. The van der Waals surface area contributed by atoms with Crippen molar-refractivity contribution in [1.29, 1.82) is 0 Å². The summed E-state index contributed by atoms with van der Waals surface area (Å²) in [6.07, 6.45) is 1.71. The Hall–Kier alpha value is -2.98. The molecule has 8 nitrogen and oxygen atoms in total. The van der Waals surface area contributed by atoms with Crippen molar-refractivity contribution in [3.05, 3.63) is 53.6 Å². The van der Waals surface area contributed by atoms with E-state index in [0.717, 1.165) is 22.4 Å². The summed E-state index contributed by atoms with van der Waals surface area (Å²) in [5.74, 6) is 0.507. The second-order valence-corrected chi connectivity index (χ2v) is 10.2. The first kappa shape index (κ1) is 23.7. The van der Waals surface area contributed by atoms with E-state index in [9.17, 15) is 13.2 Å². The van der Waals surface area contributed by atoms with Gasteiger partial charge in [-0.2, -0.15) is 0 Å². The van der Waals surface area contributed by atoms with E-state index < -0.39 is 10.0 Å². The van der Waals surface area contributed by atoms with Crippen LogP contribution in [0.15, 0.2) is 42.5 Å². The number of methoxy groups -OCH3 is 1. The minimum absolute atomic E-state index is 0.161. The van der Waals surface area contributed by atoms with Gasteiger partial charge in [-0.25, -0.2) is 8.42 Å². The highest BCUT2D eigenvalue weighted by Gasteiger charge is 2.20. The van der Waals surface area contributed by atoms with Crippen LogP contribution in [0.2, 0.25) is 0 Å². The molecule has 0 fully saturated rings. The molecule has 0 aliphatic rings. The van der Waals surface area contributed by atoms with Gasteiger partial charge in [0.15, 0.2) is 0 Å². The van der Waals surface area contributed by atoms with Crippen molar-refractivity contribution in [2.24, 2.45) is 0 Å². The average molecular weight is 475 g/mol. The second kappa shape index (κ2) is 10.1. The summed E-state index contributed by atoms with van der Waals surface area (Å²) in [6, 6.07) is 13.0. The largest absolute Gasteiger partial charge is 0.497 e. The number of nitrogens with zero attached hydrogens (tertiary/aromatic N) is 3. The molecule has 0 atom stereocenters. The molecular formula is C22H26N4O4S2. The van der Waals surface area contributed by atoms with Crippen molar-refractivity contribution in [2.45, 2.75) is 26.7 Å². The molecular weight excluding hydrogens is 448 g/mol. The van der Waals surface area contributed by atoms with Gasteiger partial charge in [-0.3, -0.25) is 9.10 Å². The quantitative estimate of drug-likeness (QED) is 0.503. The summed E-state index contributed by atoms with van der Waals surface area (Å²) in [4.78, 5) is 12.4. The number of benzene rings is 2. The third-order valence-corrected chi connectivity index (χ3v) is 7.09. The van der Waals surface area contributed by atoms with Gasteiger partial charge >= 0.3 is 0 Å². The number of amides is 1. The Morgan fingerprint density at radius 1 is 1.12 bits per heavy atom. The maximum absolute atomic E-state index is 12.4. The number of aromatic nitrogens is 2. The Kier molecular flexibility index (Phi) is 7.47. The monoisotopic (exact) mass is 474 g/mol. The van der Waals surface area contributed by atoms with Crippen LogP contribution >= 0.6 is 11.3 Å². The van der Waals surface area contributed by atoms with Gasteiger partial charge in [-0.15, -0.1) is 10.2 Å². The topological polar surface area (TPSA) is 101 Å². The number of rotatable bonds is 9. The third kappa shape index (κ3) is 5.83. The number of anilines is 2. The molecule has 0 spiro atoms. The van der Waals surface area contributed by atoms with Crippen molar-refractivity contribution in [3.8, 4) is 16.3 Å². The van der Waals surface area contributed by atoms with Crippen LogP contribution in [-0.4, -0.2) is 44.4 Å². The van der Waals surface area contributed by atoms with Gasteiger partial charge in [0.25, 0.3) is 0 Å². The number of sulfonamides is 1. The molecule has 1 heterocycles. The smallest absolute Gasteiger partial charge is 0.232 e. The average Bonchev–Trinajstić information content (AvgIpc) is 3.21. The number of carbonyl (C=O) groups is 1. The lowest BCUT2D eigenvalue weighted by molar-refractivity contribution is -0.116. The van der Waals surface area contributed by atoms with E-state index in [2.05, 4.69) is 15.5 Å². The van der Waals surface area contributed by atoms with Crippen LogP contribution in [0.1, 0.15) is 24.0 Å². The maximum Gasteiger partial charge on any atom is 0.232 e. The lowest BCUT2D eigenvalue weighted by Gasteiger charge is -2.24. The molecule has 0 saturated heterocycles. The lowest BCUT2D eigenvalue weighted by Crippen LogP contribution is -2.32. The first-order chi connectivity index (χ1) is 15.2. The fourth-order valence-corrected chi connectivity index (χ4v) is 4.94. The normalized spacial score (nSPS) is 11.2. The van der Waals surface area contributed by atoms with Gasteiger partial charge in [0.2, 0.25) is 21.1 Å². The molecule has 32 heavy (non-hydrogen) atoms. The van der Waals surface area contributed by atoms with Crippen molar-refractivity contribution in [3.63, 3.8) is 0 Å². The standard InChI is InChI=1S/C22H26N4O4S2/c1-15-7-5-8-19(16(15)2)26(32(4,28)29)14-6-9-20(27)23-22-25-24-21(31-22)17-10-12-18(30-3)13-11-17/h5,7-8,10-13H,6,9,14H2,1-4H3,(H,23,25,27). The number of hydrogen-bond acceptors (Lipinski definition) is 7. The summed E-state index contributed by atoms with van der Waals surface area (Å²) >= 11 is 1.27. The van der Waals surface area contributed by atoms with Crippen LogP contribution < -0.4 is 14.4 Å². The van der Waals surface area contributed by atoms with Crippen LogP contribution in [0, 0.1) is 13.8 Å². The third-order valence-electron chi connectivity index (χ3n) is 5.02. The van der Waals surface area contributed by atoms with Crippen LogP contribution in [0.25, 0.3) is 10.6 Å². The molecule has 2 aromatic carbocycles. The van der Waals surface area contributed by atoms with E-state index in [0.29, 0.717) is 22.2 Å². The Bertz CT molecular complexity index is 1190. The van der Waals surface area contributed by atoms with Crippen molar-refractivity contribution in [1.82, 2.24) is 10.2 Å². The highest BCUT2D eigenvalue weighted by Crippen LogP contribution is 2.28. The molecule has 0 aliphatic heterocycles. The Balaban J connectivity index is 1.59. The van der Waals surface area contributed by atoms with E-state index >= 15 is 0 Å². The summed E-state index contributed by atoms with van der Waals surface area (Å²) < 4.78 is 31.2. The van der Waals surface area contributed by atoms with E-state index in [1.54, 1.807) is 13.2 Å². The number of nitrogens with one attached hydrogen (secondary N) is 1. The van der Waals surface area contributed by atoms with Crippen LogP contribution in [0.4, 0.5) is 10.8 Å². The number of carbonyl (C=O) groups excluding carboxylic acids is 1. The van der Waals surface area contributed by atoms with Gasteiger partial charge in [0, 0.05) is 18.5 Å². The van der Waals surface area contributed by atoms with E-state index in [4.69, 9.17) is 4.74 Å². The molecule has 3 rings (SSSR count). The van der Waals surface area contributed by atoms with Gasteiger partial charge < -0.3 is 10.1 Å². The van der Waals surface area contributed by atoms with Crippen molar-refractivity contribution in [2.75, 3.05) is 29.5 Å². The predicted molar refractivity (Wildman–Crippen MR) is 128 cm³/mol. The summed E-state index contributed by atoms with van der Waals surface area (Å²) in [5, 5.41) is 12.0. The fraction of sp³-hybridized carbons (Fsp3) is 0.318. The molecule has 10 heteroatoms. The molecule has 1 N–H and O–H groups in total. The number of ether oxygens (including phenoxy) is 1. The van der Waals surface area contributed by atoms with E-state index in [1.165, 1.54) is 21.9 Å². The van der Waals surface area contributed by atoms with Crippen LogP contribution in [0.3, 0.4) is 0 Å². The molecule has 1 aromatic heterocycles. The lowest BCUT2D eigenvalue weighted by atomic mass is 10.1. The highest BCUT2D eigenvalue weighted by atomic mass is 32.2. The minimum atomic E-state index is -3.47. The van der Waals surface area contributed by atoms with Crippen molar-refractivity contribution >= 4 is 38.1 Å². The molecule has 0 radical (unpaired) electrons. The fourth-order valence-electron chi connectivity index (χ4n) is 3.16. The summed E-state index contributed by atoms with van der Waals surface area (Å²) in [6.45, 7) is 4.05. The molecule has 0 bridgehead atoms. The first-order valence-electron chi connectivity index (χ1n) is 10.0. The van der Waals surface area contributed by atoms with E-state index in [-0.39, 0.29) is 18.9 Å². The Morgan fingerprint density at radius 3 is 2.50 bits per heavy atom. The molecule has 170 valence electrons. The van der Waals surface area contributed by atoms with Gasteiger partial charge in [-0.1, -0.05) is 23.5 Å². The Morgan fingerprint density at radius 2 is 1.84 bits per heavy atom. The highest BCUT2D eigenvalue weighted by molar-refractivity contribution is 7.92. The molecule has 0 saturated carbocycles. The zero-order chi connectivity index (χ0) is 23.3. The zero-order valence-electron chi connectivity index (χ0n) is 18.5. The van der Waals surface area contributed by atoms with Crippen molar-refractivity contribution < 1.29 is 17.9 Å². The van der Waals surface area contributed by atoms with Gasteiger partial charge in [-0.05, 0) is 61.7 Å². The SMILES string of the molecule is COc1ccc(-c2nnc(NC(=O)CCCN(c3cccc(C)c3C)S(C)(=O)=O)s2)cc1. The minimum Gasteiger partial charge on any atom is -0.497 e. The summed E-state index contributed by atoms with van der Waals surface area (Å²) in [7, 11) is -1.87. The Labute approximate surface area is 192 Å². The van der Waals surface area contributed by atoms with Crippen LogP contribution in [0.5, 0.6) is 5.75 Å². The molecule has 3 aromatic rings. The zero-order valence-corrected chi connectivity index (χ0v) is 20.1. The predicted octanol–water partition coefficient (Wildman–Crippen LogP) is 4.02. The molecule has 1 amide bonds. The maximum atomic E-state index is 12.4. The van der Waals surface area contributed by atoms with Crippen LogP contribution in [-0.2, 0) is 14.8 Å². The molecule has 0 aliphatic carbocycles. The second-order valence-electron chi connectivity index (χ2n) is 7.35. The van der Waals surface area contributed by atoms with E-state index in [1.807, 2.05) is 50.2 Å². The number of hydrogen-bond donors (Lipinski definition) is 1. The molecule has 0 unspecified atom stereocenters.